The third-order valence-corrected chi connectivity index (χ3v) is 5.81. The van der Waals surface area contributed by atoms with Gasteiger partial charge in [-0.2, -0.15) is 5.26 Å². The lowest BCUT2D eigenvalue weighted by Gasteiger charge is -2.14. The van der Waals surface area contributed by atoms with Gasteiger partial charge in [-0.1, -0.05) is 35.3 Å². The van der Waals surface area contributed by atoms with Crippen molar-refractivity contribution in [3.63, 3.8) is 0 Å². The molecule has 0 fully saturated rings. The molecule has 0 saturated carbocycles. The minimum atomic E-state index is -0.721. The molecule has 0 atom stereocenters. The van der Waals surface area contributed by atoms with Gasteiger partial charge in [0.25, 0.3) is 11.6 Å². The van der Waals surface area contributed by atoms with Crippen molar-refractivity contribution in [3.05, 3.63) is 95.9 Å². The Morgan fingerprint density at radius 1 is 1.23 bits per heavy atom. The average molecular weight is 577 g/mol. The van der Waals surface area contributed by atoms with E-state index in [1.807, 2.05) is 6.07 Å². The molecule has 3 aromatic carbocycles. The van der Waals surface area contributed by atoms with Gasteiger partial charge in [-0.05, 0) is 57.9 Å². The number of carbonyl (C=O) groups excluding carboxylic acids is 1. The van der Waals surface area contributed by atoms with E-state index < -0.39 is 10.8 Å². The van der Waals surface area contributed by atoms with Crippen LogP contribution >= 0.6 is 39.1 Å². The van der Waals surface area contributed by atoms with Crippen molar-refractivity contribution in [2.45, 2.75) is 6.61 Å². The number of rotatable bonds is 8. The van der Waals surface area contributed by atoms with Gasteiger partial charge in [0.05, 0.1) is 16.5 Å². The Balaban J connectivity index is 1.82. The fraction of sp³-hybridized carbons (Fsp3) is 0.0833. The minimum Gasteiger partial charge on any atom is -0.493 e. The molecule has 0 aromatic heterocycles. The van der Waals surface area contributed by atoms with Gasteiger partial charge < -0.3 is 14.8 Å². The summed E-state index contributed by atoms with van der Waals surface area (Å²) in [5.41, 5.74) is 0.991. The highest BCUT2D eigenvalue weighted by molar-refractivity contribution is 9.10. The molecule has 11 heteroatoms. The highest BCUT2D eigenvalue weighted by Gasteiger charge is 2.16. The fourth-order valence-corrected chi connectivity index (χ4v) is 4.00. The van der Waals surface area contributed by atoms with Crippen LogP contribution in [-0.4, -0.2) is 17.9 Å². The third-order valence-electron chi connectivity index (χ3n) is 4.63. The van der Waals surface area contributed by atoms with Crippen molar-refractivity contribution in [2.75, 3.05) is 12.4 Å². The maximum atomic E-state index is 12.6. The number of non-ortho nitro benzene ring substituents is 1. The maximum absolute atomic E-state index is 12.6. The lowest BCUT2D eigenvalue weighted by Crippen LogP contribution is -2.13. The molecule has 1 N–H and O–H groups in total. The number of amides is 1. The summed E-state index contributed by atoms with van der Waals surface area (Å²) in [6, 6.07) is 15.6. The van der Waals surface area contributed by atoms with E-state index in [1.165, 1.54) is 37.5 Å². The van der Waals surface area contributed by atoms with Crippen LogP contribution in [0.5, 0.6) is 11.5 Å². The number of benzene rings is 3. The quantitative estimate of drug-likeness (QED) is 0.136. The molecule has 0 heterocycles. The zero-order valence-electron chi connectivity index (χ0n) is 18.1. The van der Waals surface area contributed by atoms with Crippen LogP contribution in [0.3, 0.4) is 0 Å². The summed E-state index contributed by atoms with van der Waals surface area (Å²) in [5.74, 6) is 0.0307. The number of hydrogen-bond donors (Lipinski definition) is 1. The number of nitro benzene ring substituents is 1. The van der Waals surface area contributed by atoms with Crippen molar-refractivity contribution in [1.82, 2.24) is 0 Å². The SMILES string of the molecule is COc1cc(/C=C(/C#N)C(=O)Nc2cccc([N+](=O)[O-])c2)cc(Br)c1OCc1ccc(Cl)cc1Cl. The topological polar surface area (TPSA) is 114 Å². The van der Waals surface area contributed by atoms with E-state index in [0.29, 0.717) is 31.6 Å². The summed E-state index contributed by atoms with van der Waals surface area (Å²) in [6.45, 7) is 0.148. The Morgan fingerprint density at radius 3 is 2.66 bits per heavy atom. The van der Waals surface area contributed by atoms with Crippen LogP contribution in [-0.2, 0) is 11.4 Å². The molecular formula is C24H16BrCl2N3O5. The number of hydrogen-bond acceptors (Lipinski definition) is 6. The van der Waals surface area contributed by atoms with E-state index in [1.54, 1.807) is 30.3 Å². The van der Waals surface area contributed by atoms with Gasteiger partial charge in [0.1, 0.15) is 18.2 Å². The Kier molecular flexibility index (Phi) is 8.71. The zero-order valence-corrected chi connectivity index (χ0v) is 21.1. The number of nitrogens with one attached hydrogen (secondary N) is 1. The predicted molar refractivity (Wildman–Crippen MR) is 137 cm³/mol. The molecule has 3 rings (SSSR count). The fourth-order valence-electron chi connectivity index (χ4n) is 2.96. The molecule has 0 radical (unpaired) electrons. The Hall–Kier alpha value is -3.58. The largest absolute Gasteiger partial charge is 0.493 e. The molecule has 0 aliphatic heterocycles. The number of halogens is 3. The van der Waals surface area contributed by atoms with E-state index in [2.05, 4.69) is 21.2 Å². The lowest BCUT2D eigenvalue weighted by molar-refractivity contribution is -0.384. The van der Waals surface area contributed by atoms with E-state index in [-0.39, 0.29) is 23.6 Å². The molecule has 3 aromatic rings. The van der Waals surface area contributed by atoms with Crippen molar-refractivity contribution in [2.24, 2.45) is 0 Å². The number of methoxy groups -OCH3 is 1. The van der Waals surface area contributed by atoms with Gasteiger partial charge >= 0.3 is 0 Å². The van der Waals surface area contributed by atoms with Crippen LogP contribution in [0, 0.1) is 21.4 Å². The summed E-state index contributed by atoms with van der Waals surface area (Å²) >= 11 is 15.6. The highest BCUT2D eigenvalue weighted by Crippen LogP contribution is 2.38. The third kappa shape index (κ3) is 6.73. The first-order valence-electron chi connectivity index (χ1n) is 9.83. The van der Waals surface area contributed by atoms with E-state index in [4.69, 9.17) is 32.7 Å². The van der Waals surface area contributed by atoms with Gasteiger partial charge in [0, 0.05) is 33.4 Å². The summed E-state index contributed by atoms with van der Waals surface area (Å²) in [6.07, 6.45) is 1.36. The standard InChI is InChI=1S/C24H16BrCl2N3O5/c1-34-22-9-14(8-20(25)23(22)35-13-15-5-6-17(26)10-21(15)27)7-16(12-28)24(31)29-18-3-2-4-19(11-18)30(32)33/h2-11H,13H2,1H3,(H,29,31)/b16-7-. The number of ether oxygens (including phenoxy) is 2. The summed E-state index contributed by atoms with van der Waals surface area (Å²) < 4.78 is 11.8. The second kappa shape index (κ2) is 11.7. The molecule has 178 valence electrons. The molecule has 0 spiro atoms. The maximum Gasteiger partial charge on any atom is 0.271 e. The number of anilines is 1. The van der Waals surface area contributed by atoms with E-state index in [0.717, 1.165) is 5.56 Å². The van der Waals surface area contributed by atoms with E-state index >= 15 is 0 Å². The monoisotopic (exact) mass is 575 g/mol. The van der Waals surface area contributed by atoms with Crippen molar-refractivity contribution in [3.8, 4) is 17.6 Å². The average Bonchev–Trinajstić information content (AvgIpc) is 2.82. The van der Waals surface area contributed by atoms with Crippen LogP contribution in [0.4, 0.5) is 11.4 Å². The van der Waals surface area contributed by atoms with Crippen molar-refractivity contribution < 1.29 is 19.2 Å². The Bertz CT molecular complexity index is 1370. The van der Waals surface area contributed by atoms with Crippen LogP contribution in [0.15, 0.2) is 64.6 Å². The van der Waals surface area contributed by atoms with Crippen LogP contribution in [0.25, 0.3) is 6.08 Å². The van der Waals surface area contributed by atoms with Crippen LogP contribution in [0.2, 0.25) is 10.0 Å². The Morgan fingerprint density at radius 2 is 2.00 bits per heavy atom. The molecule has 8 nitrogen and oxygen atoms in total. The zero-order chi connectivity index (χ0) is 25.5. The molecule has 35 heavy (non-hydrogen) atoms. The highest BCUT2D eigenvalue weighted by atomic mass is 79.9. The Labute approximate surface area is 219 Å². The van der Waals surface area contributed by atoms with Crippen molar-refractivity contribution >= 4 is 62.5 Å². The van der Waals surface area contributed by atoms with Crippen LogP contribution in [0.1, 0.15) is 11.1 Å². The molecule has 0 saturated heterocycles. The van der Waals surface area contributed by atoms with Gasteiger partial charge in [0.2, 0.25) is 0 Å². The number of carbonyl (C=O) groups is 1. The second-order valence-corrected chi connectivity index (χ2v) is 8.69. The predicted octanol–water partition coefficient (Wildman–Crippen LogP) is 6.80. The van der Waals surface area contributed by atoms with Crippen LogP contribution < -0.4 is 14.8 Å². The van der Waals surface area contributed by atoms with Gasteiger partial charge in [0.15, 0.2) is 11.5 Å². The van der Waals surface area contributed by atoms with Gasteiger partial charge in [-0.15, -0.1) is 0 Å². The summed E-state index contributed by atoms with van der Waals surface area (Å²) in [4.78, 5) is 22.9. The van der Waals surface area contributed by atoms with Gasteiger partial charge in [-0.25, -0.2) is 0 Å². The molecule has 0 aliphatic carbocycles. The minimum absolute atomic E-state index is 0.148. The number of nitriles is 1. The summed E-state index contributed by atoms with van der Waals surface area (Å²) in [7, 11) is 1.46. The van der Waals surface area contributed by atoms with Crippen molar-refractivity contribution in [1.29, 1.82) is 5.26 Å². The number of nitrogens with zero attached hydrogens (tertiary/aromatic N) is 2. The molecule has 1 amide bonds. The smallest absolute Gasteiger partial charge is 0.271 e. The normalized spacial score (nSPS) is 10.9. The molecule has 0 unspecified atom stereocenters. The molecular weight excluding hydrogens is 561 g/mol. The first-order valence-corrected chi connectivity index (χ1v) is 11.4. The first-order chi connectivity index (χ1) is 16.7. The van der Waals surface area contributed by atoms with E-state index in [9.17, 15) is 20.2 Å². The molecule has 0 bridgehead atoms. The van der Waals surface area contributed by atoms with Gasteiger partial charge in [-0.3, -0.25) is 14.9 Å². The molecule has 0 aliphatic rings. The first kappa shape index (κ1) is 26.0. The summed E-state index contributed by atoms with van der Waals surface area (Å²) in [5, 5.41) is 23.9. The second-order valence-electron chi connectivity index (χ2n) is 6.99. The lowest BCUT2D eigenvalue weighted by atomic mass is 10.1. The number of nitro groups is 1.